The van der Waals surface area contributed by atoms with Gasteiger partial charge in [0.2, 0.25) is 5.89 Å². The van der Waals surface area contributed by atoms with Crippen LogP contribution in [0.4, 0.5) is 13.2 Å². The number of ketones is 1. The van der Waals surface area contributed by atoms with Crippen LogP contribution in [0, 0.1) is 11.2 Å². The lowest BCUT2D eigenvalue weighted by molar-refractivity contribution is -0.164. The van der Waals surface area contributed by atoms with Crippen LogP contribution in [0.15, 0.2) is 47.1 Å². The van der Waals surface area contributed by atoms with E-state index in [0.717, 1.165) is 13.0 Å². The number of hydrogen-bond donors (Lipinski definition) is 1. The lowest BCUT2D eigenvalue weighted by Crippen LogP contribution is -2.75. The van der Waals surface area contributed by atoms with Crippen LogP contribution in [0.1, 0.15) is 48.9 Å². The highest BCUT2D eigenvalue weighted by molar-refractivity contribution is 6.30. The molecule has 0 atom stereocenters. The molecule has 36 heavy (non-hydrogen) atoms. The van der Waals surface area contributed by atoms with Crippen LogP contribution in [0.2, 0.25) is 5.02 Å². The van der Waals surface area contributed by atoms with Crippen LogP contribution in [0.5, 0.6) is 5.75 Å². The summed E-state index contributed by atoms with van der Waals surface area (Å²) >= 11 is 5.63. The molecule has 7 nitrogen and oxygen atoms in total. The first-order chi connectivity index (χ1) is 17.0. The Morgan fingerprint density at radius 2 is 1.92 bits per heavy atom. The van der Waals surface area contributed by atoms with Crippen molar-refractivity contribution in [2.45, 2.75) is 44.1 Å². The van der Waals surface area contributed by atoms with Gasteiger partial charge >= 0.3 is 0 Å². The van der Waals surface area contributed by atoms with Gasteiger partial charge in [0.1, 0.15) is 17.3 Å². The first-order valence-electron chi connectivity index (χ1n) is 11.2. The largest absolute Gasteiger partial charge is 0.484 e. The standard InChI is InChI=1S/C25H21ClF3N3O4/c1-23(28,29)20-5-2-14(8-30-20)22-31-9-19(36-22)18(33)7-24-11-25(12-24,13-24)32-21(34)10-35-15-3-4-16(26)17(27)6-15/h2-6,8-9H,7,10-13H2,1H3,(H,32,34). The van der Waals surface area contributed by atoms with E-state index in [-0.39, 0.29) is 63.8 Å². The number of nitrogens with one attached hydrogen (secondary N) is 1. The monoisotopic (exact) mass is 519 g/mol. The molecule has 3 aromatic rings. The van der Waals surface area contributed by atoms with E-state index in [2.05, 4.69) is 15.3 Å². The van der Waals surface area contributed by atoms with Gasteiger partial charge in [-0.3, -0.25) is 14.6 Å². The Bertz CT molecular complexity index is 1320. The number of halogens is 4. The van der Waals surface area contributed by atoms with Gasteiger partial charge in [0.15, 0.2) is 18.2 Å². The first kappa shape index (κ1) is 24.3. The minimum atomic E-state index is -3.06. The quantitative estimate of drug-likeness (QED) is 0.384. The summed E-state index contributed by atoms with van der Waals surface area (Å²) < 4.78 is 51.0. The molecule has 2 aromatic heterocycles. The number of aromatic nitrogens is 2. The highest BCUT2D eigenvalue weighted by Crippen LogP contribution is 2.69. The highest BCUT2D eigenvalue weighted by Gasteiger charge is 2.68. The third-order valence-corrected chi connectivity index (χ3v) is 6.89. The predicted octanol–water partition coefficient (Wildman–Crippen LogP) is 5.33. The molecule has 0 saturated heterocycles. The second kappa shape index (κ2) is 8.62. The molecular formula is C25H21ClF3N3O4. The molecule has 2 heterocycles. The van der Waals surface area contributed by atoms with E-state index in [4.69, 9.17) is 20.8 Å². The van der Waals surface area contributed by atoms with Gasteiger partial charge in [0, 0.05) is 31.1 Å². The topological polar surface area (TPSA) is 94.3 Å². The zero-order chi connectivity index (χ0) is 25.7. The van der Waals surface area contributed by atoms with E-state index in [9.17, 15) is 22.8 Å². The molecule has 2 bridgehead atoms. The van der Waals surface area contributed by atoms with Crippen molar-refractivity contribution in [3.8, 4) is 17.2 Å². The van der Waals surface area contributed by atoms with Crippen LogP contribution in [-0.4, -0.2) is 33.8 Å². The second-order valence-electron chi connectivity index (χ2n) is 9.67. The molecule has 1 aromatic carbocycles. The number of benzene rings is 1. The first-order valence-corrected chi connectivity index (χ1v) is 11.6. The Morgan fingerprint density at radius 1 is 1.17 bits per heavy atom. The van der Waals surface area contributed by atoms with Gasteiger partial charge < -0.3 is 14.5 Å². The van der Waals surface area contributed by atoms with Gasteiger partial charge in [-0.1, -0.05) is 11.6 Å². The average molecular weight is 520 g/mol. The summed E-state index contributed by atoms with van der Waals surface area (Å²) in [5.41, 5.74) is -0.539. The summed E-state index contributed by atoms with van der Waals surface area (Å²) in [7, 11) is 0. The van der Waals surface area contributed by atoms with Crippen molar-refractivity contribution in [2.75, 3.05) is 6.61 Å². The molecule has 6 rings (SSSR count). The molecule has 0 unspecified atom stereocenters. The number of oxazole rings is 1. The number of alkyl halides is 2. The summed E-state index contributed by atoms with van der Waals surface area (Å²) in [6.07, 6.45) is 4.77. The maximum atomic E-state index is 13.5. The number of carbonyl (C=O) groups is 2. The van der Waals surface area contributed by atoms with Gasteiger partial charge in [-0.05, 0) is 48.9 Å². The molecule has 0 radical (unpaired) electrons. The van der Waals surface area contributed by atoms with Crippen molar-refractivity contribution in [3.05, 3.63) is 65.0 Å². The number of carbonyl (C=O) groups excluding carboxylic acids is 2. The van der Waals surface area contributed by atoms with Crippen molar-refractivity contribution < 1.29 is 31.9 Å². The maximum Gasteiger partial charge on any atom is 0.286 e. The SMILES string of the molecule is CC(F)(F)c1ccc(-c2ncc(C(=O)CC34CC(NC(=O)COc5ccc(Cl)c(F)c5)(C3)C4)o2)cn1. The zero-order valence-electron chi connectivity index (χ0n) is 19.1. The molecule has 3 saturated carbocycles. The molecule has 1 N–H and O–H groups in total. The van der Waals surface area contributed by atoms with Crippen molar-refractivity contribution in [1.82, 2.24) is 15.3 Å². The average Bonchev–Trinajstić information content (AvgIpc) is 3.27. The Hall–Kier alpha value is -3.40. The van der Waals surface area contributed by atoms with Crippen molar-refractivity contribution in [2.24, 2.45) is 5.41 Å². The highest BCUT2D eigenvalue weighted by atomic mass is 35.5. The minimum absolute atomic E-state index is 0.0305. The van der Waals surface area contributed by atoms with Gasteiger partial charge in [-0.25, -0.2) is 9.37 Å². The zero-order valence-corrected chi connectivity index (χ0v) is 19.9. The van der Waals surface area contributed by atoms with Crippen molar-refractivity contribution >= 4 is 23.3 Å². The van der Waals surface area contributed by atoms with Crippen LogP contribution < -0.4 is 10.1 Å². The Labute approximate surface area is 209 Å². The normalized spacial score (nSPS) is 22.4. The van der Waals surface area contributed by atoms with Crippen molar-refractivity contribution in [1.29, 1.82) is 0 Å². The number of amides is 1. The third kappa shape index (κ3) is 4.69. The number of Topliss-reactive ketones (excluding diaryl/α,β-unsaturated/α-hetero) is 1. The van der Waals surface area contributed by atoms with E-state index in [1.165, 1.54) is 36.7 Å². The van der Waals surface area contributed by atoms with Gasteiger partial charge in [0.25, 0.3) is 11.8 Å². The van der Waals surface area contributed by atoms with E-state index < -0.39 is 11.7 Å². The molecule has 3 fully saturated rings. The molecule has 11 heteroatoms. The van der Waals surface area contributed by atoms with E-state index in [1.54, 1.807) is 0 Å². The van der Waals surface area contributed by atoms with Crippen LogP contribution in [0.3, 0.4) is 0 Å². The van der Waals surface area contributed by atoms with Crippen LogP contribution >= 0.6 is 11.6 Å². The fourth-order valence-electron chi connectivity index (χ4n) is 5.11. The van der Waals surface area contributed by atoms with E-state index in [1.807, 2.05) is 0 Å². The molecule has 3 aliphatic carbocycles. The molecule has 0 aliphatic heterocycles. The summed E-state index contributed by atoms with van der Waals surface area (Å²) in [5, 5.41) is 2.91. The number of nitrogens with zero attached hydrogens (tertiary/aromatic N) is 2. The van der Waals surface area contributed by atoms with Gasteiger partial charge in [0.05, 0.1) is 16.8 Å². The summed E-state index contributed by atoms with van der Waals surface area (Å²) in [6.45, 7) is 0.496. The lowest BCUT2D eigenvalue weighted by atomic mass is 9.38. The van der Waals surface area contributed by atoms with Crippen LogP contribution in [0.25, 0.3) is 11.5 Å². The fourth-order valence-corrected chi connectivity index (χ4v) is 5.23. The third-order valence-electron chi connectivity index (χ3n) is 6.58. The predicted molar refractivity (Wildman–Crippen MR) is 122 cm³/mol. The number of hydrogen-bond acceptors (Lipinski definition) is 6. The Balaban J connectivity index is 1.11. The van der Waals surface area contributed by atoms with Crippen LogP contribution in [-0.2, 0) is 10.7 Å². The fraction of sp³-hybridized carbons (Fsp3) is 0.360. The Morgan fingerprint density at radius 3 is 2.56 bits per heavy atom. The van der Waals surface area contributed by atoms with E-state index >= 15 is 0 Å². The minimum Gasteiger partial charge on any atom is -0.484 e. The molecule has 3 aliphatic rings. The molecular weight excluding hydrogens is 499 g/mol. The smallest absolute Gasteiger partial charge is 0.286 e. The van der Waals surface area contributed by atoms with Gasteiger partial charge in [-0.15, -0.1) is 0 Å². The number of ether oxygens (including phenoxy) is 1. The maximum absolute atomic E-state index is 13.5. The Kier molecular flexibility index (Phi) is 5.82. The summed E-state index contributed by atoms with van der Waals surface area (Å²) in [6, 6.07) is 6.55. The number of rotatable bonds is 9. The molecule has 1 amide bonds. The lowest BCUT2D eigenvalue weighted by Gasteiger charge is -2.70. The number of pyridine rings is 1. The molecule has 0 spiro atoms. The summed E-state index contributed by atoms with van der Waals surface area (Å²) in [5.74, 6) is -3.82. The van der Waals surface area contributed by atoms with Gasteiger partial charge in [-0.2, -0.15) is 8.78 Å². The summed E-state index contributed by atoms with van der Waals surface area (Å²) in [4.78, 5) is 32.8. The second-order valence-corrected chi connectivity index (χ2v) is 10.1. The molecule has 188 valence electrons. The van der Waals surface area contributed by atoms with E-state index in [0.29, 0.717) is 24.8 Å². The van der Waals surface area contributed by atoms with Crippen molar-refractivity contribution in [3.63, 3.8) is 0 Å².